The fourth-order valence-corrected chi connectivity index (χ4v) is 3.20. The summed E-state index contributed by atoms with van der Waals surface area (Å²) < 4.78 is 57.4. The molecule has 2 aromatic rings. The predicted molar refractivity (Wildman–Crippen MR) is 97.7 cm³/mol. The van der Waals surface area contributed by atoms with E-state index in [2.05, 4.69) is 10.6 Å². The highest BCUT2D eigenvalue weighted by molar-refractivity contribution is 5.92. The SMILES string of the molecule is CNc1ccc(C2COC[C@@H](C(=O)Nc3ccc(C(F)(F)F)cc3F)C2)cc1. The Labute approximate surface area is 159 Å². The van der Waals surface area contributed by atoms with Crippen LogP contribution < -0.4 is 10.6 Å². The highest BCUT2D eigenvalue weighted by atomic mass is 19.4. The van der Waals surface area contributed by atoms with E-state index in [9.17, 15) is 22.4 Å². The van der Waals surface area contributed by atoms with E-state index in [-0.39, 0.29) is 18.2 Å². The highest BCUT2D eigenvalue weighted by Gasteiger charge is 2.32. The van der Waals surface area contributed by atoms with Crippen molar-refractivity contribution in [1.29, 1.82) is 0 Å². The van der Waals surface area contributed by atoms with Gasteiger partial charge >= 0.3 is 6.18 Å². The van der Waals surface area contributed by atoms with Gasteiger partial charge in [-0.3, -0.25) is 4.79 Å². The molecule has 1 amide bonds. The van der Waals surface area contributed by atoms with Crippen LogP contribution in [0.1, 0.15) is 23.5 Å². The van der Waals surface area contributed by atoms with E-state index in [1.54, 1.807) is 0 Å². The number of rotatable bonds is 4. The molecule has 0 spiro atoms. The lowest BCUT2D eigenvalue weighted by Gasteiger charge is -2.29. The molecule has 3 rings (SSSR count). The van der Waals surface area contributed by atoms with Crippen LogP contribution in [-0.2, 0) is 15.7 Å². The number of benzene rings is 2. The summed E-state index contributed by atoms with van der Waals surface area (Å²) in [5.74, 6) is -2.12. The summed E-state index contributed by atoms with van der Waals surface area (Å²) in [5, 5.41) is 5.41. The minimum atomic E-state index is -4.64. The molecule has 1 heterocycles. The van der Waals surface area contributed by atoms with Crippen molar-refractivity contribution >= 4 is 17.3 Å². The molecule has 150 valence electrons. The third kappa shape index (κ3) is 4.62. The molecule has 2 aromatic carbocycles. The maximum Gasteiger partial charge on any atom is 0.416 e. The first-order valence-corrected chi connectivity index (χ1v) is 8.81. The molecule has 1 aliphatic rings. The van der Waals surface area contributed by atoms with Gasteiger partial charge in [0.05, 0.1) is 30.4 Å². The molecule has 4 nitrogen and oxygen atoms in total. The Morgan fingerprint density at radius 3 is 2.43 bits per heavy atom. The first-order chi connectivity index (χ1) is 13.3. The van der Waals surface area contributed by atoms with E-state index < -0.39 is 29.4 Å². The van der Waals surface area contributed by atoms with Gasteiger partial charge in [0, 0.05) is 18.7 Å². The Morgan fingerprint density at radius 2 is 1.82 bits per heavy atom. The smallest absolute Gasteiger partial charge is 0.388 e. The number of ether oxygens (including phenoxy) is 1. The second kappa shape index (κ2) is 8.18. The maximum atomic E-state index is 14.0. The molecule has 28 heavy (non-hydrogen) atoms. The van der Waals surface area contributed by atoms with Crippen molar-refractivity contribution < 1.29 is 27.1 Å². The van der Waals surface area contributed by atoms with Crippen LogP contribution in [0.4, 0.5) is 28.9 Å². The van der Waals surface area contributed by atoms with Gasteiger partial charge in [-0.2, -0.15) is 13.2 Å². The van der Waals surface area contributed by atoms with Gasteiger partial charge in [-0.1, -0.05) is 12.1 Å². The van der Waals surface area contributed by atoms with E-state index in [4.69, 9.17) is 4.74 Å². The zero-order valence-electron chi connectivity index (χ0n) is 15.1. The Balaban J connectivity index is 1.67. The molecule has 0 aromatic heterocycles. The van der Waals surface area contributed by atoms with E-state index in [0.29, 0.717) is 19.1 Å². The lowest BCUT2D eigenvalue weighted by atomic mass is 9.87. The average molecular weight is 396 g/mol. The first kappa shape index (κ1) is 20.1. The molecule has 2 N–H and O–H groups in total. The van der Waals surface area contributed by atoms with Crippen molar-refractivity contribution in [3.8, 4) is 0 Å². The highest BCUT2D eigenvalue weighted by Crippen LogP contribution is 2.33. The molecule has 8 heteroatoms. The van der Waals surface area contributed by atoms with Crippen LogP contribution in [-0.4, -0.2) is 26.2 Å². The molecule has 1 fully saturated rings. The molecule has 0 bridgehead atoms. The van der Waals surface area contributed by atoms with Gasteiger partial charge in [0.1, 0.15) is 5.82 Å². The summed E-state index contributed by atoms with van der Waals surface area (Å²) in [5.41, 5.74) is 0.609. The van der Waals surface area contributed by atoms with Gasteiger partial charge in [-0.25, -0.2) is 4.39 Å². The quantitative estimate of drug-likeness (QED) is 0.740. The van der Waals surface area contributed by atoms with Gasteiger partial charge < -0.3 is 15.4 Å². The van der Waals surface area contributed by atoms with E-state index in [1.807, 2.05) is 31.3 Å². The van der Waals surface area contributed by atoms with Gasteiger partial charge in [-0.15, -0.1) is 0 Å². The number of halogens is 4. The van der Waals surface area contributed by atoms with Crippen LogP contribution in [0.15, 0.2) is 42.5 Å². The van der Waals surface area contributed by atoms with Crippen LogP contribution in [0.2, 0.25) is 0 Å². The van der Waals surface area contributed by atoms with Crippen molar-refractivity contribution in [3.05, 3.63) is 59.4 Å². The maximum absolute atomic E-state index is 14.0. The fourth-order valence-electron chi connectivity index (χ4n) is 3.20. The van der Waals surface area contributed by atoms with E-state index >= 15 is 0 Å². The Kier molecular flexibility index (Phi) is 5.88. The van der Waals surface area contributed by atoms with E-state index in [1.165, 1.54) is 0 Å². The van der Waals surface area contributed by atoms with Crippen molar-refractivity contribution in [3.63, 3.8) is 0 Å². The summed E-state index contributed by atoms with van der Waals surface area (Å²) >= 11 is 0. The molecule has 0 radical (unpaired) electrons. The molecule has 1 unspecified atom stereocenters. The van der Waals surface area contributed by atoms with E-state index in [0.717, 1.165) is 23.4 Å². The monoisotopic (exact) mass is 396 g/mol. The summed E-state index contributed by atoms with van der Waals surface area (Å²) in [6.07, 6.45) is -4.14. The number of hydrogen-bond donors (Lipinski definition) is 2. The molecular formula is C20H20F4N2O2. The molecule has 1 saturated heterocycles. The molecule has 0 saturated carbocycles. The minimum Gasteiger partial charge on any atom is -0.388 e. The second-order valence-electron chi connectivity index (χ2n) is 6.72. The number of carbonyl (C=O) groups excluding carboxylic acids is 1. The molecule has 2 atom stereocenters. The third-order valence-corrected chi connectivity index (χ3v) is 4.80. The average Bonchev–Trinajstić information content (AvgIpc) is 2.69. The summed E-state index contributed by atoms with van der Waals surface area (Å²) in [4.78, 5) is 12.5. The van der Waals surface area contributed by atoms with Crippen LogP contribution >= 0.6 is 0 Å². The number of carbonyl (C=O) groups is 1. The summed E-state index contributed by atoms with van der Waals surface area (Å²) in [6, 6.07) is 9.80. The van der Waals surface area contributed by atoms with Crippen molar-refractivity contribution in [2.45, 2.75) is 18.5 Å². The number of nitrogens with one attached hydrogen (secondary N) is 2. The summed E-state index contributed by atoms with van der Waals surface area (Å²) in [6.45, 7) is 0.649. The molecule has 0 aliphatic carbocycles. The summed E-state index contributed by atoms with van der Waals surface area (Å²) in [7, 11) is 1.82. The van der Waals surface area contributed by atoms with Crippen LogP contribution in [0.5, 0.6) is 0 Å². The number of anilines is 2. The van der Waals surface area contributed by atoms with Gasteiger partial charge in [0.2, 0.25) is 5.91 Å². The van der Waals surface area contributed by atoms with Crippen molar-refractivity contribution in [1.82, 2.24) is 0 Å². The first-order valence-electron chi connectivity index (χ1n) is 8.81. The fraction of sp³-hybridized carbons (Fsp3) is 0.350. The Morgan fingerprint density at radius 1 is 1.11 bits per heavy atom. The van der Waals surface area contributed by atoms with Crippen molar-refractivity contribution in [2.75, 3.05) is 30.9 Å². The second-order valence-corrected chi connectivity index (χ2v) is 6.72. The predicted octanol–water partition coefficient (Wildman–Crippen LogP) is 4.65. The van der Waals surface area contributed by atoms with Crippen molar-refractivity contribution in [2.24, 2.45) is 5.92 Å². The topological polar surface area (TPSA) is 50.4 Å². The third-order valence-electron chi connectivity index (χ3n) is 4.80. The lowest BCUT2D eigenvalue weighted by Crippen LogP contribution is -2.33. The van der Waals surface area contributed by atoms with Crippen LogP contribution in [0, 0.1) is 11.7 Å². The molecular weight excluding hydrogens is 376 g/mol. The lowest BCUT2D eigenvalue weighted by molar-refractivity contribution is -0.137. The normalized spacial score (nSPS) is 19.9. The van der Waals surface area contributed by atoms with Crippen LogP contribution in [0.25, 0.3) is 0 Å². The van der Waals surface area contributed by atoms with Gasteiger partial charge in [0.15, 0.2) is 0 Å². The number of alkyl halides is 3. The Bertz CT molecular complexity index is 837. The zero-order valence-corrected chi connectivity index (χ0v) is 15.1. The van der Waals surface area contributed by atoms with Gasteiger partial charge in [0.25, 0.3) is 0 Å². The Hall–Kier alpha value is -2.61. The molecule has 1 aliphatic heterocycles. The number of hydrogen-bond acceptors (Lipinski definition) is 3. The largest absolute Gasteiger partial charge is 0.416 e. The zero-order chi connectivity index (χ0) is 20.3. The minimum absolute atomic E-state index is 0.00728. The standard InChI is InChI=1S/C20H20F4N2O2/c1-25-16-5-2-12(3-6-16)13-8-14(11-28-10-13)19(27)26-18-7-4-15(9-17(18)21)20(22,23)24/h2-7,9,13-14,25H,8,10-11H2,1H3,(H,26,27)/t13?,14-/m0/s1. The van der Waals surface area contributed by atoms with Gasteiger partial charge in [-0.05, 0) is 42.3 Å². The number of amides is 1. The van der Waals surface area contributed by atoms with Crippen LogP contribution in [0.3, 0.4) is 0 Å².